The number of carbonyl (C=O) groups is 1. The molecule has 0 radical (unpaired) electrons. The van der Waals surface area contributed by atoms with Crippen molar-refractivity contribution in [3.8, 4) is 0 Å². The molecular formula is C18H26N4O2. The molecule has 130 valence electrons. The number of amides is 1. The maximum absolute atomic E-state index is 12.3. The van der Waals surface area contributed by atoms with Crippen LogP contribution in [-0.4, -0.2) is 27.2 Å². The Morgan fingerprint density at radius 1 is 1.38 bits per heavy atom. The van der Waals surface area contributed by atoms with Gasteiger partial charge in [-0.2, -0.15) is 0 Å². The highest BCUT2D eigenvalue weighted by atomic mass is 16.3. The Kier molecular flexibility index (Phi) is 5.02. The van der Waals surface area contributed by atoms with Gasteiger partial charge in [0.1, 0.15) is 23.2 Å². The summed E-state index contributed by atoms with van der Waals surface area (Å²) in [6.45, 7) is 7.60. The lowest BCUT2D eigenvalue weighted by atomic mass is 10.1. The van der Waals surface area contributed by atoms with Crippen LogP contribution in [0.3, 0.4) is 0 Å². The minimum absolute atomic E-state index is 0.0635. The Bertz CT molecular complexity index is 715. The highest BCUT2D eigenvalue weighted by molar-refractivity contribution is 5.95. The first-order valence-corrected chi connectivity index (χ1v) is 8.85. The van der Waals surface area contributed by atoms with E-state index in [1.807, 2.05) is 13.0 Å². The first-order valence-electron chi connectivity index (χ1n) is 8.85. The third-order valence-corrected chi connectivity index (χ3v) is 4.55. The molecule has 1 N–H and O–H groups in total. The maximum atomic E-state index is 12.3. The van der Waals surface area contributed by atoms with Gasteiger partial charge in [-0.05, 0) is 32.3 Å². The molecule has 0 unspecified atom stereocenters. The molecule has 3 rings (SSSR count). The Morgan fingerprint density at radius 2 is 2.21 bits per heavy atom. The van der Waals surface area contributed by atoms with Crippen molar-refractivity contribution in [3.63, 3.8) is 0 Å². The maximum Gasteiger partial charge on any atom is 0.254 e. The van der Waals surface area contributed by atoms with E-state index < -0.39 is 0 Å². The summed E-state index contributed by atoms with van der Waals surface area (Å²) in [6.07, 6.45) is 5.14. The second-order valence-corrected chi connectivity index (χ2v) is 6.77. The lowest BCUT2D eigenvalue weighted by Gasteiger charge is -2.14. The van der Waals surface area contributed by atoms with E-state index in [0.717, 1.165) is 43.2 Å². The number of nitrogens with zero attached hydrogens (tertiary/aromatic N) is 3. The van der Waals surface area contributed by atoms with Gasteiger partial charge in [0.25, 0.3) is 5.91 Å². The summed E-state index contributed by atoms with van der Waals surface area (Å²) >= 11 is 0. The average molecular weight is 330 g/mol. The summed E-state index contributed by atoms with van der Waals surface area (Å²) < 4.78 is 7.88. The van der Waals surface area contributed by atoms with E-state index in [2.05, 4.69) is 33.9 Å². The summed E-state index contributed by atoms with van der Waals surface area (Å²) in [6, 6.07) is 1.85. The van der Waals surface area contributed by atoms with Gasteiger partial charge in [-0.3, -0.25) is 4.79 Å². The predicted octanol–water partition coefficient (Wildman–Crippen LogP) is 3.00. The van der Waals surface area contributed by atoms with E-state index in [9.17, 15) is 4.79 Å². The number of carbonyl (C=O) groups excluding carboxylic acids is 1. The van der Waals surface area contributed by atoms with E-state index in [1.165, 1.54) is 12.8 Å². The molecule has 0 aromatic carbocycles. The fourth-order valence-corrected chi connectivity index (χ4v) is 3.11. The average Bonchev–Trinajstić information content (AvgIpc) is 3.15. The Hall–Kier alpha value is -2.11. The van der Waals surface area contributed by atoms with Crippen molar-refractivity contribution >= 4 is 5.91 Å². The molecule has 3 heterocycles. The number of hydrogen-bond acceptors (Lipinski definition) is 4. The van der Waals surface area contributed by atoms with Crippen LogP contribution in [0.15, 0.2) is 10.5 Å². The van der Waals surface area contributed by atoms with Crippen molar-refractivity contribution in [2.45, 2.75) is 65.3 Å². The van der Waals surface area contributed by atoms with E-state index in [-0.39, 0.29) is 11.8 Å². The molecule has 0 bridgehead atoms. The largest absolute Gasteiger partial charge is 0.465 e. The first-order chi connectivity index (χ1) is 11.6. The number of aryl methyl sites for hydroxylation is 3. The molecule has 1 amide bonds. The fraction of sp³-hybridized carbons (Fsp3) is 0.611. The number of aromatic nitrogens is 3. The molecule has 6 nitrogen and oxygen atoms in total. The highest BCUT2D eigenvalue weighted by Crippen LogP contribution is 2.21. The molecular weight excluding hydrogens is 304 g/mol. The Labute approximate surface area is 142 Å². The zero-order valence-corrected chi connectivity index (χ0v) is 14.8. The lowest BCUT2D eigenvalue weighted by Crippen LogP contribution is -2.25. The summed E-state index contributed by atoms with van der Waals surface area (Å²) in [5.74, 6) is 3.90. The van der Waals surface area contributed by atoms with Crippen molar-refractivity contribution in [1.29, 1.82) is 0 Å². The van der Waals surface area contributed by atoms with Crippen LogP contribution in [0.4, 0.5) is 0 Å². The standard InChI is InChI=1S/C18H26N4O2/c1-12(2)15-11-14(13(3)24-15)18(23)19-9-6-8-17-21-20-16-7-4-5-10-22(16)17/h11-12H,4-10H2,1-3H3,(H,19,23). The van der Waals surface area contributed by atoms with Gasteiger partial charge in [-0.25, -0.2) is 0 Å². The smallest absolute Gasteiger partial charge is 0.254 e. The van der Waals surface area contributed by atoms with Crippen molar-refractivity contribution in [2.24, 2.45) is 0 Å². The molecule has 2 aromatic heterocycles. The van der Waals surface area contributed by atoms with Crippen molar-refractivity contribution in [2.75, 3.05) is 6.54 Å². The molecule has 0 saturated heterocycles. The van der Waals surface area contributed by atoms with Crippen LogP contribution >= 0.6 is 0 Å². The zero-order chi connectivity index (χ0) is 17.1. The van der Waals surface area contributed by atoms with Crippen LogP contribution < -0.4 is 5.32 Å². The molecule has 0 saturated carbocycles. The summed E-state index contributed by atoms with van der Waals surface area (Å²) in [5.41, 5.74) is 0.638. The van der Waals surface area contributed by atoms with E-state index >= 15 is 0 Å². The third-order valence-electron chi connectivity index (χ3n) is 4.55. The Balaban J connectivity index is 1.50. The van der Waals surface area contributed by atoms with Crippen molar-refractivity contribution in [1.82, 2.24) is 20.1 Å². The third kappa shape index (κ3) is 3.52. The van der Waals surface area contributed by atoms with Gasteiger partial charge in [-0.1, -0.05) is 13.8 Å². The second-order valence-electron chi connectivity index (χ2n) is 6.77. The lowest BCUT2D eigenvalue weighted by molar-refractivity contribution is 0.0951. The van der Waals surface area contributed by atoms with Crippen LogP contribution in [0.2, 0.25) is 0 Å². The molecule has 2 aromatic rings. The number of nitrogens with one attached hydrogen (secondary N) is 1. The first kappa shape index (κ1) is 16.7. The molecule has 1 aliphatic heterocycles. The number of furan rings is 1. The van der Waals surface area contributed by atoms with Gasteiger partial charge in [0, 0.05) is 31.8 Å². The van der Waals surface area contributed by atoms with Gasteiger partial charge in [-0.15, -0.1) is 10.2 Å². The van der Waals surface area contributed by atoms with E-state index in [0.29, 0.717) is 17.9 Å². The zero-order valence-electron chi connectivity index (χ0n) is 14.8. The molecule has 0 aliphatic carbocycles. The SMILES string of the molecule is Cc1oc(C(C)C)cc1C(=O)NCCCc1nnc2n1CCCC2. The van der Waals surface area contributed by atoms with Gasteiger partial charge >= 0.3 is 0 Å². The molecule has 24 heavy (non-hydrogen) atoms. The number of hydrogen-bond donors (Lipinski definition) is 1. The molecule has 0 fully saturated rings. The second kappa shape index (κ2) is 7.20. The Morgan fingerprint density at radius 3 is 2.96 bits per heavy atom. The number of rotatable bonds is 6. The molecule has 1 aliphatic rings. The van der Waals surface area contributed by atoms with Crippen LogP contribution in [0.5, 0.6) is 0 Å². The van der Waals surface area contributed by atoms with Gasteiger partial charge in [0.2, 0.25) is 0 Å². The highest BCUT2D eigenvalue weighted by Gasteiger charge is 2.17. The topological polar surface area (TPSA) is 73.0 Å². The quantitative estimate of drug-likeness (QED) is 0.826. The summed E-state index contributed by atoms with van der Waals surface area (Å²) in [7, 11) is 0. The van der Waals surface area contributed by atoms with Crippen LogP contribution in [0, 0.1) is 6.92 Å². The van der Waals surface area contributed by atoms with Crippen LogP contribution in [0.1, 0.15) is 72.6 Å². The minimum Gasteiger partial charge on any atom is -0.465 e. The van der Waals surface area contributed by atoms with Crippen LogP contribution in [0.25, 0.3) is 0 Å². The fourth-order valence-electron chi connectivity index (χ4n) is 3.11. The van der Waals surface area contributed by atoms with Gasteiger partial charge in [0.15, 0.2) is 0 Å². The molecule has 0 spiro atoms. The van der Waals surface area contributed by atoms with E-state index in [4.69, 9.17) is 4.42 Å². The van der Waals surface area contributed by atoms with Crippen molar-refractivity contribution < 1.29 is 9.21 Å². The van der Waals surface area contributed by atoms with Gasteiger partial charge in [0.05, 0.1) is 5.56 Å². The predicted molar refractivity (Wildman–Crippen MR) is 91.1 cm³/mol. The molecule has 6 heteroatoms. The van der Waals surface area contributed by atoms with Crippen molar-refractivity contribution in [3.05, 3.63) is 34.8 Å². The van der Waals surface area contributed by atoms with E-state index in [1.54, 1.807) is 0 Å². The summed E-state index contributed by atoms with van der Waals surface area (Å²) in [5, 5.41) is 11.5. The van der Waals surface area contributed by atoms with Gasteiger partial charge < -0.3 is 14.3 Å². The molecule has 0 atom stereocenters. The summed E-state index contributed by atoms with van der Waals surface area (Å²) in [4.78, 5) is 12.3. The number of fused-ring (bicyclic) bond motifs is 1. The normalized spacial score (nSPS) is 14.0. The van der Waals surface area contributed by atoms with Crippen LogP contribution in [-0.2, 0) is 19.4 Å². The monoisotopic (exact) mass is 330 g/mol. The minimum atomic E-state index is -0.0635.